The fourth-order valence-corrected chi connectivity index (χ4v) is 4.40. The van der Waals surface area contributed by atoms with E-state index in [0.29, 0.717) is 17.1 Å². The van der Waals surface area contributed by atoms with Crippen molar-refractivity contribution in [1.82, 2.24) is 9.97 Å². The van der Waals surface area contributed by atoms with Gasteiger partial charge in [-0.25, -0.2) is 9.97 Å². The highest BCUT2D eigenvalue weighted by molar-refractivity contribution is 8.00. The van der Waals surface area contributed by atoms with Crippen LogP contribution in [0.3, 0.4) is 0 Å². The standard InChI is InChI=1S/C22H17N3O2S2/c1-14(26)23-16-10-8-15(9-11-16)19(27)13-29-22-17-5-2-3-6-18(17)24-21(25-22)20-7-4-12-28-20/h2-12H,13H2,1H3,(H,23,26). The van der Waals surface area contributed by atoms with Crippen LogP contribution < -0.4 is 5.32 Å². The number of thioether (sulfide) groups is 1. The molecule has 4 aromatic rings. The van der Waals surface area contributed by atoms with Crippen LogP contribution >= 0.6 is 23.1 Å². The van der Waals surface area contributed by atoms with Crippen LogP contribution in [0.4, 0.5) is 5.69 Å². The Hall–Kier alpha value is -3.03. The Morgan fingerprint density at radius 1 is 1.00 bits per heavy atom. The van der Waals surface area contributed by atoms with E-state index in [9.17, 15) is 9.59 Å². The average Bonchev–Trinajstić information content (AvgIpc) is 3.26. The van der Waals surface area contributed by atoms with Crippen molar-refractivity contribution in [2.24, 2.45) is 0 Å². The molecular weight excluding hydrogens is 402 g/mol. The molecule has 1 N–H and O–H groups in total. The lowest BCUT2D eigenvalue weighted by atomic mass is 10.1. The number of benzene rings is 2. The van der Waals surface area contributed by atoms with Gasteiger partial charge in [-0.15, -0.1) is 11.3 Å². The van der Waals surface area contributed by atoms with Crippen molar-refractivity contribution in [3.8, 4) is 10.7 Å². The second kappa shape index (κ2) is 8.55. The molecule has 5 nitrogen and oxygen atoms in total. The summed E-state index contributed by atoms with van der Waals surface area (Å²) in [5, 5.41) is 6.42. The normalized spacial score (nSPS) is 10.8. The Morgan fingerprint density at radius 2 is 1.79 bits per heavy atom. The summed E-state index contributed by atoms with van der Waals surface area (Å²) in [5.74, 6) is 0.805. The Labute approximate surface area is 176 Å². The zero-order chi connectivity index (χ0) is 20.2. The van der Waals surface area contributed by atoms with Gasteiger partial charge in [0.15, 0.2) is 11.6 Å². The Morgan fingerprint density at radius 3 is 2.52 bits per heavy atom. The molecule has 29 heavy (non-hydrogen) atoms. The summed E-state index contributed by atoms with van der Waals surface area (Å²) in [6.07, 6.45) is 0. The van der Waals surface area contributed by atoms with Crippen molar-refractivity contribution < 1.29 is 9.59 Å². The van der Waals surface area contributed by atoms with Crippen molar-refractivity contribution in [2.75, 3.05) is 11.1 Å². The molecule has 2 aromatic heterocycles. The molecule has 0 radical (unpaired) electrons. The zero-order valence-corrected chi connectivity index (χ0v) is 17.2. The number of para-hydroxylation sites is 1. The molecule has 4 rings (SSSR count). The minimum absolute atomic E-state index is 0.00439. The fourth-order valence-electron chi connectivity index (χ4n) is 2.83. The van der Waals surface area contributed by atoms with Gasteiger partial charge >= 0.3 is 0 Å². The second-order valence-corrected chi connectivity index (χ2v) is 8.23. The van der Waals surface area contributed by atoms with Gasteiger partial charge in [-0.2, -0.15) is 0 Å². The monoisotopic (exact) mass is 419 g/mol. The second-order valence-electron chi connectivity index (χ2n) is 6.32. The van der Waals surface area contributed by atoms with Gasteiger partial charge in [0, 0.05) is 23.6 Å². The smallest absolute Gasteiger partial charge is 0.221 e. The number of hydrogen-bond acceptors (Lipinski definition) is 6. The number of nitrogens with one attached hydrogen (secondary N) is 1. The number of ketones is 1. The number of Topliss-reactive ketones (excluding diaryl/α,β-unsaturated/α-hetero) is 1. The Bertz CT molecular complexity index is 1170. The van der Waals surface area contributed by atoms with E-state index in [-0.39, 0.29) is 17.4 Å². The first-order valence-corrected chi connectivity index (χ1v) is 10.8. The highest BCUT2D eigenvalue weighted by Gasteiger charge is 2.13. The number of fused-ring (bicyclic) bond motifs is 1. The lowest BCUT2D eigenvalue weighted by Crippen LogP contribution is -2.07. The molecule has 144 valence electrons. The van der Waals surface area contributed by atoms with E-state index in [1.54, 1.807) is 35.6 Å². The summed E-state index contributed by atoms with van der Waals surface area (Å²) in [6, 6.07) is 18.7. The molecule has 0 unspecified atom stereocenters. The number of aromatic nitrogens is 2. The predicted molar refractivity (Wildman–Crippen MR) is 119 cm³/mol. The SMILES string of the molecule is CC(=O)Nc1ccc(C(=O)CSc2nc(-c3cccs3)nc3ccccc23)cc1. The highest BCUT2D eigenvalue weighted by Crippen LogP contribution is 2.30. The number of carbonyl (C=O) groups is 2. The molecule has 0 aliphatic heterocycles. The van der Waals surface area contributed by atoms with Crippen LogP contribution in [0.15, 0.2) is 71.1 Å². The molecule has 0 spiro atoms. The number of hydrogen-bond donors (Lipinski definition) is 1. The van der Waals surface area contributed by atoms with Crippen LogP contribution in [0, 0.1) is 0 Å². The average molecular weight is 420 g/mol. The van der Waals surface area contributed by atoms with Gasteiger partial charge in [0.2, 0.25) is 5.91 Å². The Balaban J connectivity index is 1.56. The van der Waals surface area contributed by atoms with Gasteiger partial charge in [-0.1, -0.05) is 36.0 Å². The van der Waals surface area contributed by atoms with Crippen molar-refractivity contribution in [2.45, 2.75) is 11.9 Å². The number of anilines is 1. The number of rotatable bonds is 6. The van der Waals surface area contributed by atoms with E-state index in [1.807, 2.05) is 41.8 Å². The molecule has 0 atom stereocenters. The maximum Gasteiger partial charge on any atom is 0.221 e. The third-order valence-electron chi connectivity index (χ3n) is 4.18. The first-order chi connectivity index (χ1) is 14.1. The molecule has 0 saturated heterocycles. The van der Waals surface area contributed by atoms with E-state index in [4.69, 9.17) is 4.98 Å². The summed E-state index contributed by atoms with van der Waals surface area (Å²) in [7, 11) is 0. The third-order valence-corrected chi connectivity index (χ3v) is 6.03. The largest absolute Gasteiger partial charge is 0.326 e. The van der Waals surface area contributed by atoms with Crippen LogP contribution in [0.1, 0.15) is 17.3 Å². The van der Waals surface area contributed by atoms with Gasteiger partial charge in [0.1, 0.15) is 5.03 Å². The minimum Gasteiger partial charge on any atom is -0.326 e. The fraction of sp³-hybridized carbons (Fsp3) is 0.0909. The number of amides is 1. The maximum atomic E-state index is 12.7. The van der Waals surface area contributed by atoms with Gasteiger partial charge in [-0.05, 0) is 41.8 Å². The first-order valence-electron chi connectivity index (χ1n) is 8.94. The topological polar surface area (TPSA) is 72.0 Å². The summed E-state index contributed by atoms with van der Waals surface area (Å²) in [4.78, 5) is 34.1. The molecular formula is C22H17N3O2S2. The molecule has 0 aliphatic carbocycles. The van der Waals surface area contributed by atoms with E-state index in [0.717, 1.165) is 20.8 Å². The van der Waals surface area contributed by atoms with Gasteiger partial charge in [0.25, 0.3) is 0 Å². The maximum absolute atomic E-state index is 12.7. The van der Waals surface area contributed by atoms with E-state index >= 15 is 0 Å². The highest BCUT2D eigenvalue weighted by atomic mass is 32.2. The zero-order valence-electron chi connectivity index (χ0n) is 15.6. The first kappa shape index (κ1) is 19.3. The molecule has 0 aliphatic rings. The molecule has 0 saturated carbocycles. The lowest BCUT2D eigenvalue weighted by Gasteiger charge is -2.08. The van der Waals surface area contributed by atoms with Gasteiger partial charge in [0.05, 0.1) is 16.1 Å². The van der Waals surface area contributed by atoms with E-state index in [2.05, 4.69) is 10.3 Å². The van der Waals surface area contributed by atoms with Crippen molar-refractivity contribution in [3.63, 3.8) is 0 Å². The van der Waals surface area contributed by atoms with Crippen LogP contribution in [0.2, 0.25) is 0 Å². The van der Waals surface area contributed by atoms with Crippen LogP contribution in [-0.2, 0) is 4.79 Å². The number of nitrogens with zero attached hydrogens (tertiary/aromatic N) is 2. The van der Waals surface area contributed by atoms with Gasteiger partial charge < -0.3 is 5.32 Å². The summed E-state index contributed by atoms with van der Waals surface area (Å²) in [5.41, 5.74) is 2.13. The molecule has 2 aromatic carbocycles. The molecule has 0 fully saturated rings. The lowest BCUT2D eigenvalue weighted by molar-refractivity contribution is -0.114. The summed E-state index contributed by atoms with van der Waals surface area (Å²) < 4.78 is 0. The summed E-state index contributed by atoms with van der Waals surface area (Å²) in [6.45, 7) is 1.45. The van der Waals surface area contributed by atoms with Crippen LogP contribution in [0.25, 0.3) is 21.6 Å². The number of thiophene rings is 1. The van der Waals surface area contributed by atoms with Crippen molar-refractivity contribution in [1.29, 1.82) is 0 Å². The van der Waals surface area contributed by atoms with E-state index < -0.39 is 0 Å². The quantitative estimate of drug-likeness (QED) is 0.261. The van der Waals surface area contributed by atoms with Crippen LogP contribution in [-0.4, -0.2) is 27.4 Å². The van der Waals surface area contributed by atoms with Gasteiger partial charge in [-0.3, -0.25) is 9.59 Å². The van der Waals surface area contributed by atoms with Crippen LogP contribution in [0.5, 0.6) is 0 Å². The molecule has 1 amide bonds. The molecule has 0 bridgehead atoms. The predicted octanol–water partition coefficient (Wildman–Crippen LogP) is 5.29. The Kier molecular flexibility index (Phi) is 5.69. The van der Waals surface area contributed by atoms with Crippen molar-refractivity contribution >= 4 is 51.4 Å². The molecule has 7 heteroatoms. The molecule has 2 heterocycles. The van der Waals surface area contributed by atoms with Crippen molar-refractivity contribution in [3.05, 3.63) is 71.6 Å². The minimum atomic E-state index is -0.142. The summed E-state index contributed by atoms with van der Waals surface area (Å²) >= 11 is 3.00. The third kappa shape index (κ3) is 4.52. The van der Waals surface area contributed by atoms with E-state index in [1.165, 1.54) is 18.7 Å². The number of carbonyl (C=O) groups excluding carboxylic acids is 2.